The van der Waals surface area contributed by atoms with Crippen molar-refractivity contribution in [2.75, 3.05) is 27.3 Å². The van der Waals surface area contributed by atoms with Gasteiger partial charge in [0.15, 0.2) is 0 Å². The molecule has 0 aliphatic heterocycles. The second-order valence-corrected chi connectivity index (χ2v) is 4.41. The zero-order valence-corrected chi connectivity index (χ0v) is 11.7. The van der Waals surface area contributed by atoms with Gasteiger partial charge in [0, 0.05) is 26.9 Å². The molecule has 0 aliphatic carbocycles. The van der Waals surface area contributed by atoms with Gasteiger partial charge in [-0.25, -0.2) is 4.98 Å². The van der Waals surface area contributed by atoms with Crippen LogP contribution in [0.25, 0.3) is 0 Å². The summed E-state index contributed by atoms with van der Waals surface area (Å²) in [4.78, 5) is 27.1. The number of ether oxygens (including phenoxy) is 1. The molecule has 0 spiro atoms. The molecular formula is C11H14ClN3O5. The van der Waals surface area contributed by atoms with Crippen LogP contribution in [0.1, 0.15) is 10.4 Å². The number of amides is 1. The highest BCUT2D eigenvalue weighted by Crippen LogP contribution is 2.26. The molecule has 0 aliphatic rings. The summed E-state index contributed by atoms with van der Waals surface area (Å²) in [7, 11) is 2.83. The lowest BCUT2D eigenvalue weighted by molar-refractivity contribution is -0.385. The Labute approximate surface area is 120 Å². The Morgan fingerprint density at radius 2 is 2.35 bits per heavy atom. The van der Waals surface area contributed by atoms with Gasteiger partial charge in [0.05, 0.1) is 17.6 Å². The van der Waals surface area contributed by atoms with E-state index in [9.17, 15) is 20.0 Å². The predicted molar refractivity (Wildman–Crippen MR) is 70.7 cm³/mol. The Bertz CT molecular complexity index is 511. The van der Waals surface area contributed by atoms with E-state index in [4.69, 9.17) is 16.3 Å². The maximum absolute atomic E-state index is 12.1. The molecule has 9 heteroatoms. The number of rotatable bonds is 6. The predicted octanol–water partition coefficient (Wildman–Crippen LogP) is 0.722. The minimum atomic E-state index is -0.884. The summed E-state index contributed by atoms with van der Waals surface area (Å²) >= 11 is 5.64. The van der Waals surface area contributed by atoms with Gasteiger partial charge in [0.25, 0.3) is 5.91 Å². The SMILES string of the molecule is COCC(O)CN(C)C(=O)c1ccnc(Cl)c1[N+](=O)[O-]. The molecule has 1 unspecified atom stereocenters. The van der Waals surface area contributed by atoms with Crippen LogP contribution >= 0.6 is 11.6 Å². The summed E-state index contributed by atoms with van der Waals surface area (Å²) in [5, 5.41) is 20.1. The van der Waals surface area contributed by atoms with Crippen LogP contribution < -0.4 is 0 Å². The van der Waals surface area contributed by atoms with E-state index in [2.05, 4.69) is 4.98 Å². The van der Waals surface area contributed by atoms with Crippen LogP contribution in [0, 0.1) is 10.1 Å². The molecule has 8 nitrogen and oxygen atoms in total. The molecule has 0 bridgehead atoms. The van der Waals surface area contributed by atoms with Crippen LogP contribution in [-0.2, 0) is 4.74 Å². The first-order chi connectivity index (χ1) is 9.38. The minimum Gasteiger partial charge on any atom is -0.389 e. The van der Waals surface area contributed by atoms with E-state index in [0.717, 1.165) is 4.90 Å². The highest BCUT2D eigenvalue weighted by molar-refractivity contribution is 6.32. The maximum Gasteiger partial charge on any atom is 0.319 e. The summed E-state index contributed by atoms with van der Waals surface area (Å²) in [5.74, 6) is -0.629. The van der Waals surface area contributed by atoms with Gasteiger partial charge < -0.3 is 14.7 Å². The monoisotopic (exact) mass is 303 g/mol. The Morgan fingerprint density at radius 3 is 2.90 bits per heavy atom. The van der Waals surface area contributed by atoms with E-state index < -0.39 is 22.6 Å². The van der Waals surface area contributed by atoms with Crippen molar-refractivity contribution in [3.8, 4) is 0 Å². The summed E-state index contributed by atoms with van der Waals surface area (Å²) in [6, 6.07) is 1.21. The van der Waals surface area contributed by atoms with Crippen LogP contribution in [-0.4, -0.2) is 59.2 Å². The van der Waals surface area contributed by atoms with Crippen molar-refractivity contribution in [1.29, 1.82) is 0 Å². The van der Waals surface area contributed by atoms with Crippen LogP contribution in [0.3, 0.4) is 0 Å². The second-order valence-electron chi connectivity index (χ2n) is 4.05. The summed E-state index contributed by atoms with van der Waals surface area (Å²) < 4.78 is 4.74. The number of pyridine rings is 1. The molecule has 1 N–H and O–H groups in total. The van der Waals surface area contributed by atoms with Crippen molar-refractivity contribution in [2.45, 2.75) is 6.10 Å². The molecule has 1 heterocycles. The number of carbonyl (C=O) groups is 1. The summed E-state index contributed by atoms with van der Waals surface area (Å²) in [5.41, 5.74) is -0.727. The van der Waals surface area contributed by atoms with Gasteiger partial charge in [-0.05, 0) is 6.07 Å². The Hall–Kier alpha value is -1.77. The third-order valence-corrected chi connectivity index (χ3v) is 2.76. The first-order valence-corrected chi connectivity index (χ1v) is 5.97. The fraction of sp³-hybridized carbons (Fsp3) is 0.455. The van der Waals surface area contributed by atoms with E-state index in [1.165, 1.54) is 26.4 Å². The van der Waals surface area contributed by atoms with Crippen LogP contribution in [0.4, 0.5) is 5.69 Å². The van der Waals surface area contributed by atoms with E-state index in [1.54, 1.807) is 0 Å². The van der Waals surface area contributed by atoms with Crippen LogP contribution in [0.2, 0.25) is 5.15 Å². The molecule has 1 rings (SSSR count). The molecule has 110 valence electrons. The first-order valence-electron chi connectivity index (χ1n) is 5.59. The number of hydrogen-bond acceptors (Lipinski definition) is 6. The lowest BCUT2D eigenvalue weighted by atomic mass is 10.2. The molecule has 1 atom stereocenters. The Morgan fingerprint density at radius 1 is 1.70 bits per heavy atom. The number of nitro groups is 1. The largest absolute Gasteiger partial charge is 0.389 e. The van der Waals surface area contributed by atoms with Crippen molar-refractivity contribution in [3.63, 3.8) is 0 Å². The molecule has 1 aromatic rings. The molecule has 0 aromatic carbocycles. The van der Waals surface area contributed by atoms with Gasteiger partial charge in [-0.2, -0.15) is 0 Å². The standard InChI is InChI=1S/C11H14ClN3O5/c1-14(5-7(16)6-20-2)11(17)8-3-4-13-10(12)9(8)15(18)19/h3-4,7,16H,5-6H2,1-2H3. The molecule has 1 aromatic heterocycles. The average Bonchev–Trinajstić information content (AvgIpc) is 2.37. The van der Waals surface area contributed by atoms with E-state index >= 15 is 0 Å². The molecule has 0 saturated carbocycles. The lowest BCUT2D eigenvalue weighted by Gasteiger charge is -2.20. The van der Waals surface area contributed by atoms with Gasteiger partial charge in [-0.15, -0.1) is 0 Å². The maximum atomic E-state index is 12.1. The topological polar surface area (TPSA) is 106 Å². The number of carbonyl (C=O) groups excluding carboxylic acids is 1. The molecule has 0 saturated heterocycles. The van der Waals surface area contributed by atoms with Gasteiger partial charge in [0.1, 0.15) is 5.56 Å². The van der Waals surface area contributed by atoms with E-state index in [-0.39, 0.29) is 23.9 Å². The number of hydrogen-bond donors (Lipinski definition) is 1. The van der Waals surface area contributed by atoms with Crippen LogP contribution in [0.5, 0.6) is 0 Å². The van der Waals surface area contributed by atoms with Gasteiger partial charge in [-0.3, -0.25) is 14.9 Å². The average molecular weight is 304 g/mol. The normalized spacial score (nSPS) is 12.0. The number of aliphatic hydroxyl groups excluding tert-OH is 1. The zero-order chi connectivity index (χ0) is 15.3. The van der Waals surface area contributed by atoms with Crippen molar-refractivity contribution in [1.82, 2.24) is 9.88 Å². The van der Waals surface area contributed by atoms with Crippen molar-refractivity contribution in [2.24, 2.45) is 0 Å². The minimum absolute atomic E-state index is 0.0240. The second kappa shape index (κ2) is 7.13. The summed E-state index contributed by atoms with van der Waals surface area (Å²) in [6.07, 6.45) is 0.326. The number of aromatic nitrogens is 1. The van der Waals surface area contributed by atoms with Gasteiger partial charge in [-0.1, -0.05) is 11.6 Å². The molecule has 0 fully saturated rings. The number of likely N-dealkylation sites (N-methyl/N-ethyl adjacent to an activating group) is 1. The van der Waals surface area contributed by atoms with Crippen molar-refractivity contribution >= 4 is 23.2 Å². The number of halogens is 1. The quantitative estimate of drug-likeness (QED) is 0.471. The Balaban J connectivity index is 2.97. The first kappa shape index (κ1) is 16.3. The number of aliphatic hydroxyl groups is 1. The smallest absolute Gasteiger partial charge is 0.319 e. The highest BCUT2D eigenvalue weighted by Gasteiger charge is 2.27. The van der Waals surface area contributed by atoms with Crippen molar-refractivity contribution < 1.29 is 19.6 Å². The third-order valence-electron chi connectivity index (χ3n) is 2.48. The van der Waals surface area contributed by atoms with Crippen molar-refractivity contribution in [3.05, 3.63) is 33.1 Å². The molecule has 0 radical (unpaired) electrons. The van der Waals surface area contributed by atoms with E-state index in [1.807, 2.05) is 0 Å². The molecule has 20 heavy (non-hydrogen) atoms. The molecule has 1 amide bonds. The fourth-order valence-electron chi connectivity index (χ4n) is 1.62. The lowest BCUT2D eigenvalue weighted by Crippen LogP contribution is -2.36. The zero-order valence-electron chi connectivity index (χ0n) is 10.9. The summed E-state index contributed by atoms with van der Waals surface area (Å²) in [6.45, 7) is 0.0284. The number of nitrogens with zero attached hydrogens (tertiary/aromatic N) is 3. The molecular weight excluding hydrogens is 290 g/mol. The van der Waals surface area contributed by atoms with Crippen LogP contribution in [0.15, 0.2) is 12.3 Å². The Kier molecular flexibility index (Phi) is 5.81. The van der Waals surface area contributed by atoms with E-state index in [0.29, 0.717) is 0 Å². The third kappa shape index (κ3) is 3.86. The van der Waals surface area contributed by atoms with Gasteiger partial charge in [0.2, 0.25) is 5.15 Å². The highest BCUT2D eigenvalue weighted by atomic mass is 35.5. The van der Waals surface area contributed by atoms with Gasteiger partial charge >= 0.3 is 5.69 Å². The number of methoxy groups -OCH3 is 1. The fourth-order valence-corrected chi connectivity index (χ4v) is 1.85.